The molecule has 0 aliphatic rings. The van der Waals surface area contributed by atoms with Crippen LogP contribution in [0.2, 0.25) is 0 Å². The first-order chi connectivity index (χ1) is 14.1. The van der Waals surface area contributed by atoms with Crippen LogP contribution in [-0.2, 0) is 0 Å². The number of ketones is 1. The summed E-state index contributed by atoms with van der Waals surface area (Å²) in [5, 5.41) is 0.734. The molecule has 0 amide bonds. The predicted octanol–water partition coefficient (Wildman–Crippen LogP) is 5.36. The van der Waals surface area contributed by atoms with E-state index in [0.717, 1.165) is 16.7 Å². The lowest BCUT2D eigenvalue weighted by Gasteiger charge is -2.06. The minimum atomic E-state index is -0.123. The van der Waals surface area contributed by atoms with Crippen LogP contribution in [0.3, 0.4) is 0 Å². The summed E-state index contributed by atoms with van der Waals surface area (Å²) in [6.07, 6.45) is 0. The van der Waals surface area contributed by atoms with E-state index in [2.05, 4.69) is 0 Å². The van der Waals surface area contributed by atoms with E-state index in [1.54, 1.807) is 51.7 Å². The highest BCUT2D eigenvalue weighted by atomic mass is 16.5. The van der Waals surface area contributed by atoms with Crippen molar-refractivity contribution in [1.29, 1.82) is 0 Å². The summed E-state index contributed by atoms with van der Waals surface area (Å²) in [7, 11) is 4.80. The standard InChI is InChI=1S/C24H20O5/c1-26-17-8-4-15(5-9-17)23(25)22-20-13-12-19(28-3)14-21(20)29-24(22)16-6-10-18(27-2)11-7-16/h4-14H,1-3H3. The number of hydrogen-bond acceptors (Lipinski definition) is 5. The average Bonchev–Trinajstić information content (AvgIpc) is 3.17. The minimum absolute atomic E-state index is 0.123. The summed E-state index contributed by atoms with van der Waals surface area (Å²) < 4.78 is 21.9. The monoisotopic (exact) mass is 388 g/mol. The van der Waals surface area contributed by atoms with Gasteiger partial charge in [0.05, 0.1) is 26.9 Å². The third kappa shape index (κ3) is 3.43. The molecule has 0 aliphatic carbocycles. The first kappa shape index (κ1) is 18.6. The molecule has 1 heterocycles. The van der Waals surface area contributed by atoms with Crippen molar-refractivity contribution in [3.63, 3.8) is 0 Å². The molecule has 4 rings (SSSR count). The Bertz CT molecular complexity index is 1150. The molecule has 0 radical (unpaired) electrons. The highest BCUT2D eigenvalue weighted by molar-refractivity contribution is 6.19. The Morgan fingerprint density at radius 3 is 1.86 bits per heavy atom. The smallest absolute Gasteiger partial charge is 0.197 e. The van der Waals surface area contributed by atoms with Crippen LogP contribution in [0.15, 0.2) is 71.1 Å². The number of carbonyl (C=O) groups is 1. The highest BCUT2D eigenvalue weighted by Gasteiger charge is 2.23. The predicted molar refractivity (Wildman–Crippen MR) is 111 cm³/mol. The minimum Gasteiger partial charge on any atom is -0.497 e. The van der Waals surface area contributed by atoms with Gasteiger partial charge in [-0.05, 0) is 60.7 Å². The van der Waals surface area contributed by atoms with E-state index in [9.17, 15) is 4.79 Å². The number of ether oxygens (including phenoxy) is 3. The van der Waals surface area contributed by atoms with Crippen molar-refractivity contribution >= 4 is 16.8 Å². The topological polar surface area (TPSA) is 57.9 Å². The summed E-state index contributed by atoms with van der Waals surface area (Å²) in [6.45, 7) is 0. The molecular formula is C24H20O5. The molecule has 0 fully saturated rings. The Labute approximate surface area is 168 Å². The third-order valence-electron chi connectivity index (χ3n) is 4.83. The van der Waals surface area contributed by atoms with Crippen LogP contribution >= 0.6 is 0 Å². The molecule has 29 heavy (non-hydrogen) atoms. The maximum atomic E-state index is 13.4. The van der Waals surface area contributed by atoms with E-state index in [0.29, 0.717) is 34.0 Å². The van der Waals surface area contributed by atoms with Crippen molar-refractivity contribution < 1.29 is 23.4 Å². The lowest BCUT2D eigenvalue weighted by atomic mass is 9.97. The number of hydrogen-bond donors (Lipinski definition) is 0. The summed E-state index contributed by atoms with van der Waals surface area (Å²) >= 11 is 0. The van der Waals surface area contributed by atoms with Gasteiger partial charge in [-0.15, -0.1) is 0 Å². The molecule has 0 unspecified atom stereocenters. The van der Waals surface area contributed by atoms with Crippen LogP contribution in [0.1, 0.15) is 15.9 Å². The zero-order valence-electron chi connectivity index (χ0n) is 16.4. The SMILES string of the molecule is COc1ccc(C(=O)c2c(-c3ccc(OC)cc3)oc3cc(OC)ccc23)cc1. The van der Waals surface area contributed by atoms with Gasteiger partial charge < -0.3 is 18.6 Å². The lowest BCUT2D eigenvalue weighted by Crippen LogP contribution is -2.02. The molecule has 0 saturated heterocycles. The lowest BCUT2D eigenvalue weighted by molar-refractivity contribution is 0.104. The summed E-state index contributed by atoms with van der Waals surface area (Å²) in [4.78, 5) is 13.4. The van der Waals surface area contributed by atoms with Gasteiger partial charge in [0, 0.05) is 22.6 Å². The number of rotatable bonds is 6. The average molecular weight is 388 g/mol. The molecule has 1 aromatic heterocycles. The number of methoxy groups -OCH3 is 3. The molecule has 0 bridgehead atoms. The number of furan rings is 1. The van der Waals surface area contributed by atoms with E-state index in [1.165, 1.54) is 0 Å². The number of carbonyl (C=O) groups excluding carboxylic acids is 1. The van der Waals surface area contributed by atoms with Crippen LogP contribution in [-0.4, -0.2) is 27.1 Å². The van der Waals surface area contributed by atoms with Gasteiger partial charge in [0.15, 0.2) is 5.78 Å². The molecule has 5 nitrogen and oxygen atoms in total. The zero-order valence-corrected chi connectivity index (χ0v) is 16.4. The molecule has 0 aliphatic heterocycles. The molecular weight excluding hydrogens is 368 g/mol. The molecule has 0 N–H and O–H groups in total. The van der Waals surface area contributed by atoms with Gasteiger partial charge in [0.2, 0.25) is 0 Å². The van der Waals surface area contributed by atoms with Crippen molar-refractivity contribution in [3.05, 3.63) is 77.9 Å². The molecule has 4 aromatic rings. The van der Waals surface area contributed by atoms with E-state index in [4.69, 9.17) is 18.6 Å². The Kier molecular flexibility index (Phi) is 4.96. The van der Waals surface area contributed by atoms with E-state index < -0.39 is 0 Å². The second-order valence-corrected chi connectivity index (χ2v) is 6.45. The fraction of sp³-hybridized carbons (Fsp3) is 0.125. The largest absolute Gasteiger partial charge is 0.497 e. The van der Waals surface area contributed by atoms with Gasteiger partial charge in [-0.25, -0.2) is 0 Å². The Morgan fingerprint density at radius 1 is 0.724 bits per heavy atom. The molecule has 0 spiro atoms. The van der Waals surface area contributed by atoms with Crippen molar-refractivity contribution in [2.24, 2.45) is 0 Å². The highest BCUT2D eigenvalue weighted by Crippen LogP contribution is 2.37. The van der Waals surface area contributed by atoms with Crippen molar-refractivity contribution in [1.82, 2.24) is 0 Å². The Morgan fingerprint density at radius 2 is 1.28 bits per heavy atom. The van der Waals surface area contributed by atoms with Crippen LogP contribution < -0.4 is 14.2 Å². The van der Waals surface area contributed by atoms with E-state index >= 15 is 0 Å². The fourth-order valence-electron chi connectivity index (χ4n) is 3.26. The summed E-state index contributed by atoms with van der Waals surface area (Å²) in [5.41, 5.74) is 2.45. The quantitative estimate of drug-likeness (QED) is 0.416. The van der Waals surface area contributed by atoms with Gasteiger partial charge in [-0.2, -0.15) is 0 Å². The molecule has 3 aromatic carbocycles. The fourth-order valence-corrected chi connectivity index (χ4v) is 3.26. The second-order valence-electron chi connectivity index (χ2n) is 6.45. The second kappa shape index (κ2) is 7.72. The summed E-state index contributed by atoms with van der Waals surface area (Å²) in [5.74, 6) is 2.48. The van der Waals surface area contributed by atoms with Gasteiger partial charge in [0.1, 0.15) is 28.6 Å². The number of fused-ring (bicyclic) bond motifs is 1. The first-order valence-corrected chi connectivity index (χ1v) is 9.08. The maximum Gasteiger partial charge on any atom is 0.197 e. The maximum absolute atomic E-state index is 13.4. The van der Waals surface area contributed by atoms with Crippen LogP contribution in [0, 0.1) is 0 Å². The zero-order chi connectivity index (χ0) is 20.4. The molecule has 0 saturated carbocycles. The van der Waals surface area contributed by atoms with E-state index in [-0.39, 0.29) is 5.78 Å². The van der Waals surface area contributed by atoms with Crippen molar-refractivity contribution in [2.45, 2.75) is 0 Å². The molecule has 146 valence electrons. The van der Waals surface area contributed by atoms with Crippen molar-refractivity contribution in [2.75, 3.05) is 21.3 Å². The van der Waals surface area contributed by atoms with Gasteiger partial charge in [-0.3, -0.25) is 4.79 Å². The van der Waals surface area contributed by atoms with Crippen molar-refractivity contribution in [3.8, 4) is 28.6 Å². The number of benzene rings is 3. The van der Waals surface area contributed by atoms with Gasteiger partial charge >= 0.3 is 0 Å². The molecule has 0 atom stereocenters. The Balaban J connectivity index is 1.89. The van der Waals surface area contributed by atoms with Crippen LogP contribution in [0.5, 0.6) is 17.2 Å². The summed E-state index contributed by atoms with van der Waals surface area (Å²) in [6, 6.07) is 19.9. The van der Waals surface area contributed by atoms with E-state index in [1.807, 2.05) is 36.4 Å². The van der Waals surface area contributed by atoms with Gasteiger partial charge in [0.25, 0.3) is 0 Å². The molecule has 5 heteroatoms. The third-order valence-corrected chi connectivity index (χ3v) is 4.83. The van der Waals surface area contributed by atoms with Crippen LogP contribution in [0.4, 0.5) is 0 Å². The van der Waals surface area contributed by atoms with Gasteiger partial charge in [-0.1, -0.05) is 0 Å². The van der Waals surface area contributed by atoms with Crippen LogP contribution in [0.25, 0.3) is 22.3 Å². The first-order valence-electron chi connectivity index (χ1n) is 9.08. The Hall–Kier alpha value is -3.73. The normalized spacial score (nSPS) is 10.7.